The van der Waals surface area contributed by atoms with E-state index in [2.05, 4.69) is 16.8 Å². The van der Waals surface area contributed by atoms with Gasteiger partial charge in [-0.25, -0.2) is 9.37 Å². The van der Waals surface area contributed by atoms with Crippen molar-refractivity contribution in [2.24, 2.45) is 0 Å². The lowest BCUT2D eigenvalue weighted by atomic mass is 10.0. The molecular formula is C26H27FN2O5. The van der Waals surface area contributed by atoms with Gasteiger partial charge in [0.1, 0.15) is 36.0 Å². The maximum absolute atomic E-state index is 14.8. The van der Waals surface area contributed by atoms with Gasteiger partial charge in [-0.1, -0.05) is 36.1 Å². The molecule has 4 rings (SSSR count). The Kier molecular flexibility index (Phi) is 7.73. The Bertz CT molecular complexity index is 1170. The molecule has 0 radical (unpaired) electrons. The number of imidazole rings is 1. The monoisotopic (exact) mass is 466 g/mol. The molecule has 1 saturated heterocycles. The van der Waals surface area contributed by atoms with Crippen molar-refractivity contribution in [3.63, 3.8) is 0 Å². The number of aliphatic hydroxyl groups is 3. The lowest BCUT2D eigenvalue weighted by Crippen LogP contribution is -2.26. The molecule has 0 aliphatic carbocycles. The zero-order valence-corrected chi connectivity index (χ0v) is 18.8. The summed E-state index contributed by atoms with van der Waals surface area (Å²) in [6.45, 7) is 2.16. The third-order valence-electron chi connectivity index (χ3n) is 5.66. The van der Waals surface area contributed by atoms with Gasteiger partial charge in [-0.05, 0) is 36.2 Å². The average molecular weight is 467 g/mol. The quantitative estimate of drug-likeness (QED) is 0.463. The Balaban J connectivity index is 1.44. The van der Waals surface area contributed by atoms with E-state index in [-0.39, 0.29) is 25.6 Å². The summed E-state index contributed by atoms with van der Waals surface area (Å²) in [7, 11) is 0. The molecule has 3 N–H and O–H groups in total. The first-order valence-corrected chi connectivity index (χ1v) is 11.1. The maximum atomic E-state index is 14.8. The number of rotatable bonds is 7. The molecule has 2 heterocycles. The summed E-state index contributed by atoms with van der Waals surface area (Å²) in [6.07, 6.45) is 1.40. The highest BCUT2D eigenvalue weighted by molar-refractivity contribution is 5.65. The fraction of sp³-hybridized carbons (Fsp3) is 0.346. The number of hydrogen-bond acceptors (Lipinski definition) is 6. The third-order valence-corrected chi connectivity index (χ3v) is 5.66. The number of aromatic nitrogens is 2. The van der Waals surface area contributed by atoms with Gasteiger partial charge in [0.25, 0.3) is 0 Å². The van der Waals surface area contributed by atoms with Gasteiger partial charge >= 0.3 is 0 Å². The Labute approximate surface area is 197 Å². The molecule has 1 aliphatic rings. The number of hydrogen-bond donors (Lipinski definition) is 3. The predicted molar refractivity (Wildman–Crippen MR) is 123 cm³/mol. The molecule has 8 heteroatoms. The number of halogens is 1. The van der Waals surface area contributed by atoms with Crippen LogP contribution in [0.2, 0.25) is 0 Å². The van der Waals surface area contributed by atoms with Crippen molar-refractivity contribution in [1.29, 1.82) is 0 Å². The van der Waals surface area contributed by atoms with Crippen LogP contribution in [0.5, 0.6) is 0 Å². The minimum Gasteiger partial charge on any atom is -0.393 e. The second-order valence-corrected chi connectivity index (χ2v) is 8.18. The van der Waals surface area contributed by atoms with E-state index in [4.69, 9.17) is 9.47 Å². The summed E-state index contributed by atoms with van der Waals surface area (Å²) >= 11 is 0. The summed E-state index contributed by atoms with van der Waals surface area (Å²) in [5, 5.41) is 29.3. The number of aliphatic hydroxyl groups excluding tert-OH is 3. The van der Waals surface area contributed by atoms with Gasteiger partial charge in [0.05, 0.1) is 26.4 Å². The van der Waals surface area contributed by atoms with Crippen molar-refractivity contribution in [3.8, 4) is 23.0 Å². The smallest absolute Gasteiger partial charge is 0.138 e. The molecule has 0 amide bonds. The fourth-order valence-electron chi connectivity index (χ4n) is 3.78. The number of nitrogens with zero attached hydrogens (tertiary/aromatic N) is 2. The van der Waals surface area contributed by atoms with E-state index in [9.17, 15) is 19.7 Å². The van der Waals surface area contributed by atoms with Crippen LogP contribution in [0.15, 0.2) is 54.9 Å². The summed E-state index contributed by atoms with van der Waals surface area (Å²) in [6, 6.07) is 11.5. The van der Waals surface area contributed by atoms with E-state index >= 15 is 0 Å². The third kappa shape index (κ3) is 5.53. The average Bonchev–Trinajstić information content (AvgIpc) is 3.48. The van der Waals surface area contributed by atoms with Crippen LogP contribution in [-0.2, 0) is 16.1 Å². The normalized spacial score (nSPS) is 19.4. The van der Waals surface area contributed by atoms with E-state index in [0.717, 1.165) is 0 Å². The summed E-state index contributed by atoms with van der Waals surface area (Å²) in [4.78, 5) is 4.11. The Morgan fingerprint density at radius 2 is 2.03 bits per heavy atom. The molecule has 4 atom stereocenters. The molecule has 0 saturated carbocycles. The summed E-state index contributed by atoms with van der Waals surface area (Å²) < 4.78 is 27.2. The predicted octanol–water partition coefficient (Wildman–Crippen LogP) is 2.60. The highest BCUT2D eigenvalue weighted by Crippen LogP contribution is 2.25. The maximum Gasteiger partial charge on any atom is 0.138 e. The van der Waals surface area contributed by atoms with Crippen molar-refractivity contribution in [3.05, 3.63) is 77.6 Å². The molecule has 3 aromatic rings. The first-order valence-electron chi connectivity index (χ1n) is 11.1. The minimum absolute atomic E-state index is 0.191. The zero-order valence-electron chi connectivity index (χ0n) is 18.8. The van der Waals surface area contributed by atoms with Crippen LogP contribution >= 0.6 is 0 Å². The Morgan fingerprint density at radius 3 is 2.68 bits per heavy atom. The van der Waals surface area contributed by atoms with Crippen molar-refractivity contribution in [2.45, 2.75) is 37.9 Å². The topological polar surface area (TPSA) is 97.0 Å². The van der Waals surface area contributed by atoms with Gasteiger partial charge < -0.3 is 29.4 Å². The van der Waals surface area contributed by atoms with Crippen LogP contribution in [0.4, 0.5) is 4.39 Å². The molecule has 0 bridgehead atoms. The first kappa shape index (κ1) is 24.1. The second-order valence-electron chi connectivity index (χ2n) is 8.18. The van der Waals surface area contributed by atoms with Crippen molar-refractivity contribution in [1.82, 2.24) is 9.55 Å². The molecule has 2 aromatic carbocycles. The summed E-state index contributed by atoms with van der Waals surface area (Å²) in [5.41, 5.74) is 2.55. The Morgan fingerprint density at radius 1 is 1.24 bits per heavy atom. The number of benzene rings is 2. The fourth-order valence-corrected chi connectivity index (χ4v) is 3.78. The SMILES string of the molecule is C[C@H](O)c1nccn1[C@@H](C#Cc1ccc(-c2ccc(CO[C@H]3COC[C@@H]3O)cc2F)cc1)CO. The van der Waals surface area contributed by atoms with Crippen LogP contribution < -0.4 is 0 Å². The standard InChI is InChI=1S/C26H27FN2O5/c1-17(31)26-28-10-11-29(26)21(13-30)8-4-18-2-6-20(7-3-18)22-9-5-19(12-23(22)27)14-34-25-16-33-15-24(25)32/h2-3,5-7,9-12,17,21,24-25,30-32H,13-16H2,1H3/t17-,21-,24-,25-/m0/s1. The molecule has 1 fully saturated rings. The molecule has 1 aliphatic heterocycles. The van der Waals surface area contributed by atoms with Gasteiger partial charge in [-0.2, -0.15) is 0 Å². The molecule has 178 valence electrons. The summed E-state index contributed by atoms with van der Waals surface area (Å²) in [5.74, 6) is 6.08. The lowest BCUT2D eigenvalue weighted by molar-refractivity contribution is -0.0188. The van der Waals surface area contributed by atoms with Gasteiger partial charge in [0, 0.05) is 23.5 Å². The van der Waals surface area contributed by atoms with Crippen LogP contribution in [0.25, 0.3) is 11.1 Å². The largest absolute Gasteiger partial charge is 0.393 e. The van der Waals surface area contributed by atoms with E-state index < -0.39 is 24.4 Å². The number of ether oxygens (including phenoxy) is 2. The van der Waals surface area contributed by atoms with Crippen LogP contribution in [0.1, 0.15) is 36.0 Å². The second kappa shape index (κ2) is 10.9. The Hall–Kier alpha value is -3.06. The molecule has 34 heavy (non-hydrogen) atoms. The minimum atomic E-state index is -0.777. The zero-order chi connectivity index (χ0) is 24.1. The van der Waals surface area contributed by atoms with Gasteiger partial charge in [0.2, 0.25) is 0 Å². The molecule has 7 nitrogen and oxygen atoms in total. The van der Waals surface area contributed by atoms with Crippen LogP contribution in [0, 0.1) is 17.7 Å². The van der Waals surface area contributed by atoms with E-state index in [1.54, 1.807) is 60.3 Å². The van der Waals surface area contributed by atoms with Crippen molar-refractivity contribution >= 4 is 0 Å². The van der Waals surface area contributed by atoms with Crippen molar-refractivity contribution < 1.29 is 29.2 Å². The highest BCUT2D eigenvalue weighted by atomic mass is 19.1. The van der Waals surface area contributed by atoms with Crippen LogP contribution in [-0.4, -0.2) is 56.9 Å². The molecule has 0 spiro atoms. The lowest BCUT2D eigenvalue weighted by Gasteiger charge is -2.14. The van der Waals surface area contributed by atoms with E-state index in [1.165, 1.54) is 6.07 Å². The highest BCUT2D eigenvalue weighted by Gasteiger charge is 2.26. The van der Waals surface area contributed by atoms with E-state index in [1.807, 2.05) is 0 Å². The molecule has 0 unspecified atom stereocenters. The van der Waals surface area contributed by atoms with Crippen LogP contribution in [0.3, 0.4) is 0 Å². The first-order chi connectivity index (χ1) is 16.5. The molecule has 1 aromatic heterocycles. The van der Waals surface area contributed by atoms with Gasteiger partial charge in [0.15, 0.2) is 0 Å². The van der Waals surface area contributed by atoms with Gasteiger partial charge in [-0.15, -0.1) is 0 Å². The van der Waals surface area contributed by atoms with Gasteiger partial charge in [-0.3, -0.25) is 0 Å². The van der Waals surface area contributed by atoms with E-state index in [0.29, 0.717) is 34.7 Å². The van der Waals surface area contributed by atoms with Crippen molar-refractivity contribution in [2.75, 3.05) is 19.8 Å². The molecular weight excluding hydrogens is 439 g/mol.